The summed E-state index contributed by atoms with van der Waals surface area (Å²) in [5.74, 6) is -0.372. The molecule has 4 N–H and O–H groups in total. The highest BCUT2D eigenvalue weighted by atomic mass is 16.2. The molecule has 0 aliphatic carbocycles. The largest absolute Gasteiger partial charge is 0.351 e. The van der Waals surface area contributed by atoms with Gasteiger partial charge in [0.05, 0.1) is 6.04 Å². The molecule has 0 bridgehead atoms. The van der Waals surface area contributed by atoms with Gasteiger partial charge in [0, 0.05) is 25.4 Å². The van der Waals surface area contributed by atoms with Gasteiger partial charge in [0.2, 0.25) is 5.91 Å². The van der Waals surface area contributed by atoms with Crippen LogP contribution in [0, 0.1) is 0 Å². The fourth-order valence-corrected chi connectivity index (χ4v) is 1.75. The zero-order valence-electron chi connectivity index (χ0n) is 9.96. The number of nitrogens with two attached hydrogens (primary N) is 1. The molecule has 0 unspecified atom stereocenters. The Morgan fingerprint density at radius 2 is 2.11 bits per heavy atom. The lowest BCUT2D eigenvalue weighted by molar-refractivity contribution is -0.123. The second-order valence-electron chi connectivity index (χ2n) is 4.25. The predicted molar refractivity (Wildman–Crippen MR) is 64.4 cm³/mol. The van der Waals surface area contributed by atoms with Crippen LogP contribution < -0.4 is 22.3 Å². The summed E-state index contributed by atoms with van der Waals surface area (Å²) in [5.41, 5.74) is 3.88. The highest BCUT2D eigenvalue weighted by Gasteiger charge is 2.30. The lowest BCUT2D eigenvalue weighted by Crippen LogP contribution is -2.62. The Kier molecular flexibility index (Phi) is 3.36. The lowest BCUT2D eigenvalue weighted by atomic mass is 10.1. The summed E-state index contributed by atoms with van der Waals surface area (Å²) in [6.07, 6.45) is 1.25. The van der Waals surface area contributed by atoms with Gasteiger partial charge in [0.15, 0.2) is 0 Å². The van der Waals surface area contributed by atoms with E-state index in [0.29, 0.717) is 13.1 Å². The molecule has 19 heavy (non-hydrogen) atoms. The first-order valence-corrected chi connectivity index (χ1v) is 5.59. The number of carbonyl (C=O) groups is 2. The van der Waals surface area contributed by atoms with E-state index in [4.69, 9.17) is 5.73 Å². The Balaban J connectivity index is 1.87. The molecule has 1 aliphatic heterocycles. The fraction of sp³-hybridized carbons (Fsp3) is 0.400. The third-order valence-electron chi connectivity index (χ3n) is 2.77. The highest BCUT2D eigenvalue weighted by molar-refractivity contribution is 5.77. The van der Waals surface area contributed by atoms with Gasteiger partial charge >= 0.3 is 11.7 Å². The molecular weight excluding hydrogens is 254 g/mol. The van der Waals surface area contributed by atoms with Crippen molar-refractivity contribution in [1.82, 2.24) is 19.8 Å². The van der Waals surface area contributed by atoms with Crippen LogP contribution in [0.4, 0.5) is 4.79 Å². The summed E-state index contributed by atoms with van der Waals surface area (Å²) in [7, 11) is 0. The molecule has 1 fully saturated rings. The molecule has 0 radical (unpaired) electrons. The Morgan fingerprint density at radius 1 is 1.42 bits per heavy atom. The van der Waals surface area contributed by atoms with Crippen molar-refractivity contribution in [1.29, 1.82) is 0 Å². The minimum absolute atomic E-state index is 0.154. The van der Waals surface area contributed by atoms with Gasteiger partial charge in [0.25, 0.3) is 5.56 Å². The van der Waals surface area contributed by atoms with Crippen LogP contribution in [0.25, 0.3) is 0 Å². The molecule has 0 atom stereocenters. The van der Waals surface area contributed by atoms with Crippen molar-refractivity contribution in [2.75, 3.05) is 13.1 Å². The van der Waals surface area contributed by atoms with Crippen LogP contribution in [0.15, 0.2) is 21.9 Å². The zero-order valence-corrected chi connectivity index (χ0v) is 9.96. The van der Waals surface area contributed by atoms with Gasteiger partial charge in [-0.3, -0.25) is 19.1 Å². The number of hydrogen-bond donors (Lipinski definition) is 3. The molecule has 0 spiro atoms. The number of urea groups is 1. The molecule has 2 rings (SSSR count). The van der Waals surface area contributed by atoms with Crippen LogP contribution in [0.5, 0.6) is 0 Å². The first kappa shape index (κ1) is 12.9. The fourth-order valence-electron chi connectivity index (χ4n) is 1.75. The zero-order chi connectivity index (χ0) is 14.0. The van der Waals surface area contributed by atoms with Crippen molar-refractivity contribution in [3.63, 3.8) is 0 Å². The van der Waals surface area contributed by atoms with Gasteiger partial charge < -0.3 is 16.0 Å². The number of hydrogen-bond acceptors (Lipinski definition) is 4. The third kappa shape index (κ3) is 3.00. The van der Waals surface area contributed by atoms with Gasteiger partial charge in [0.1, 0.15) is 6.54 Å². The summed E-state index contributed by atoms with van der Waals surface area (Å²) < 4.78 is 1.08. The molecule has 9 nitrogen and oxygen atoms in total. The van der Waals surface area contributed by atoms with Crippen LogP contribution in [0.2, 0.25) is 0 Å². The number of carbonyl (C=O) groups excluding carboxylic acids is 2. The quantitative estimate of drug-likeness (QED) is 0.555. The summed E-state index contributed by atoms with van der Waals surface area (Å²) >= 11 is 0. The van der Waals surface area contributed by atoms with E-state index in [9.17, 15) is 19.2 Å². The molecule has 1 saturated heterocycles. The van der Waals surface area contributed by atoms with E-state index in [2.05, 4.69) is 5.32 Å². The van der Waals surface area contributed by atoms with Crippen LogP contribution in [0.1, 0.15) is 0 Å². The van der Waals surface area contributed by atoms with E-state index in [0.717, 1.165) is 10.6 Å². The third-order valence-corrected chi connectivity index (χ3v) is 2.77. The molecule has 1 aromatic heterocycles. The molecule has 9 heteroatoms. The SMILES string of the molecule is NC(=O)N1CC(NC(=O)Cn2ccc(=O)[nH]c2=O)C1. The minimum atomic E-state index is -0.643. The number of amides is 3. The molecule has 1 aliphatic rings. The average Bonchev–Trinajstić information content (AvgIpc) is 2.26. The van der Waals surface area contributed by atoms with Crippen molar-refractivity contribution in [2.45, 2.75) is 12.6 Å². The molecule has 1 aromatic rings. The van der Waals surface area contributed by atoms with Crippen LogP contribution >= 0.6 is 0 Å². The molecule has 2 heterocycles. The van der Waals surface area contributed by atoms with Crippen molar-refractivity contribution in [3.05, 3.63) is 33.1 Å². The maximum absolute atomic E-state index is 11.6. The smallest absolute Gasteiger partial charge is 0.328 e. The maximum atomic E-state index is 11.6. The van der Waals surface area contributed by atoms with E-state index in [1.165, 1.54) is 11.1 Å². The van der Waals surface area contributed by atoms with Gasteiger partial charge in [-0.25, -0.2) is 9.59 Å². The standard InChI is InChI=1S/C10H13N5O4/c11-9(18)15-3-6(4-15)12-8(17)5-14-2-1-7(16)13-10(14)19/h1-2,6H,3-5H2,(H2,11,18)(H,12,17)(H,13,16,19). The number of rotatable bonds is 3. The molecule has 0 aromatic carbocycles. The Bertz CT molecular complexity index is 613. The number of H-pyrrole nitrogens is 1. The highest BCUT2D eigenvalue weighted by Crippen LogP contribution is 2.06. The minimum Gasteiger partial charge on any atom is -0.351 e. The number of nitrogens with one attached hydrogen (secondary N) is 2. The molecule has 102 valence electrons. The second kappa shape index (κ2) is 4.96. The van der Waals surface area contributed by atoms with Gasteiger partial charge in [-0.05, 0) is 0 Å². The Hall–Kier alpha value is -2.58. The Morgan fingerprint density at radius 3 is 2.68 bits per heavy atom. The first-order valence-electron chi connectivity index (χ1n) is 5.59. The van der Waals surface area contributed by atoms with Crippen molar-refractivity contribution in [3.8, 4) is 0 Å². The summed E-state index contributed by atoms with van der Waals surface area (Å²) in [6, 6.07) is 0.480. The second-order valence-corrected chi connectivity index (χ2v) is 4.25. The van der Waals surface area contributed by atoms with Crippen molar-refractivity contribution in [2.24, 2.45) is 5.73 Å². The summed E-state index contributed by atoms with van der Waals surface area (Å²) in [5, 5.41) is 2.65. The maximum Gasteiger partial charge on any atom is 0.328 e. The normalized spacial score (nSPS) is 14.8. The van der Waals surface area contributed by atoms with E-state index in [1.807, 2.05) is 4.98 Å². The number of nitrogens with zero attached hydrogens (tertiary/aromatic N) is 2. The number of aromatic nitrogens is 2. The van der Waals surface area contributed by atoms with Crippen LogP contribution in [-0.2, 0) is 11.3 Å². The van der Waals surface area contributed by atoms with Gasteiger partial charge in [-0.2, -0.15) is 0 Å². The Labute approximate surface area is 107 Å². The van der Waals surface area contributed by atoms with Crippen LogP contribution in [-0.4, -0.2) is 45.5 Å². The number of primary amides is 1. The van der Waals surface area contributed by atoms with Crippen molar-refractivity contribution < 1.29 is 9.59 Å². The lowest BCUT2D eigenvalue weighted by Gasteiger charge is -2.38. The average molecular weight is 267 g/mol. The molecule has 0 saturated carbocycles. The number of likely N-dealkylation sites (tertiary alicyclic amines) is 1. The number of aromatic amines is 1. The summed E-state index contributed by atoms with van der Waals surface area (Å²) in [4.78, 5) is 48.0. The predicted octanol–water partition coefficient (Wildman–Crippen LogP) is -2.58. The van der Waals surface area contributed by atoms with E-state index in [-0.39, 0.29) is 18.5 Å². The molecular formula is C10H13N5O4. The topological polar surface area (TPSA) is 130 Å². The van der Waals surface area contributed by atoms with Crippen molar-refractivity contribution >= 4 is 11.9 Å². The molecule has 3 amide bonds. The van der Waals surface area contributed by atoms with E-state index < -0.39 is 17.3 Å². The first-order chi connectivity index (χ1) is 8.95. The van der Waals surface area contributed by atoms with Gasteiger partial charge in [-0.1, -0.05) is 0 Å². The van der Waals surface area contributed by atoms with Gasteiger partial charge in [-0.15, -0.1) is 0 Å². The van der Waals surface area contributed by atoms with E-state index in [1.54, 1.807) is 0 Å². The summed E-state index contributed by atoms with van der Waals surface area (Å²) in [6.45, 7) is 0.534. The van der Waals surface area contributed by atoms with Crippen LogP contribution in [0.3, 0.4) is 0 Å². The monoisotopic (exact) mass is 267 g/mol. The van der Waals surface area contributed by atoms with E-state index >= 15 is 0 Å².